The van der Waals surface area contributed by atoms with Gasteiger partial charge < -0.3 is 0 Å². The summed E-state index contributed by atoms with van der Waals surface area (Å²) in [4.78, 5) is 14.5. The van der Waals surface area contributed by atoms with Crippen molar-refractivity contribution in [2.75, 3.05) is 5.75 Å². The third kappa shape index (κ3) is 3.83. The van der Waals surface area contributed by atoms with Crippen molar-refractivity contribution in [1.29, 1.82) is 0 Å². The number of nitrogens with zero attached hydrogens (tertiary/aromatic N) is 4. The molecule has 0 unspecified atom stereocenters. The molecule has 5 nitrogen and oxygen atoms in total. The molecule has 1 spiro atoms. The maximum atomic E-state index is 14.5. The van der Waals surface area contributed by atoms with E-state index in [-0.39, 0.29) is 11.0 Å². The van der Waals surface area contributed by atoms with Crippen LogP contribution in [0, 0.1) is 0 Å². The summed E-state index contributed by atoms with van der Waals surface area (Å²) in [7, 11) is 0. The molecule has 0 bridgehead atoms. The normalized spacial score (nSPS) is 16.4. The summed E-state index contributed by atoms with van der Waals surface area (Å²) < 4.78 is 4.10. The molecular weight excluding hydrogens is 452 g/mol. The van der Waals surface area contributed by atoms with E-state index in [4.69, 9.17) is 0 Å². The van der Waals surface area contributed by atoms with Crippen LogP contribution >= 0.6 is 11.8 Å². The summed E-state index contributed by atoms with van der Waals surface area (Å²) in [6.45, 7) is 2.72. The molecule has 0 aliphatic heterocycles. The van der Waals surface area contributed by atoms with Gasteiger partial charge in [-0.2, -0.15) is 0 Å². The molecular formula is C29H32N4OS. The Bertz CT molecular complexity index is 1420. The Morgan fingerprint density at radius 1 is 0.971 bits per heavy atom. The largest absolute Gasteiger partial charge is 0.272 e. The highest BCUT2D eigenvalue weighted by molar-refractivity contribution is 7.99. The van der Waals surface area contributed by atoms with E-state index in [1.165, 1.54) is 30.4 Å². The van der Waals surface area contributed by atoms with Crippen molar-refractivity contribution in [2.45, 2.75) is 75.4 Å². The molecule has 0 saturated heterocycles. The SMILES string of the molecule is CCCCSc1nnc2n(Cc3ccccc3)c(=O)c3c(n12)-c1ccccc1CC31CCCCC1. The second kappa shape index (κ2) is 9.30. The lowest BCUT2D eigenvalue weighted by Gasteiger charge is -2.42. The van der Waals surface area contributed by atoms with Crippen molar-refractivity contribution < 1.29 is 0 Å². The highest BCUT2D eigenvalue weighted by Crippen LogP contribution is 2.49. The first-order chi connectivity index (χ1) is 17.2. The van der Waals surface area contributed by atoms with Gasteiger partial charge in [0.2, 0.25) is 5.78 Å². The Kier molecular flexibility index (Phi) is 6.01. The highest BCUT2D eigenvalue weighted by atomic mass is 32.2. The topological polar surface area (TPSA) is 52.2 Å². The summed E-state index contributed by atoms with van der Waals surface area (Å²) in [5, 5.41) is 10.2. The lowest BCUT2D eigenvalue weighted by atomic mass is 9.62. The first-order valence-electron chi connectivity index (χ1n) is 13.0. The van der Waals surface area contributed by atoms with E-state index in [2.05, 4.69) is 57.9 Å². The molecule has 2 aromatic carbocycles. The molecule has 2 aromatic heterocycles. The van der Waals surface area contributed by atoms with Crippen LogP contribution < -0.4 is 5.56 Å². The van der Waals surface area contributed by atoms with Gasteiger partial charge in [0.1, 0.15) is 0 Å². The molecule has 180 valence electrons. The lowest BCUT2D eigenvalue weighted by Crippen LogP contribution is -2.43. The van der Waals surface area contributed by atoms with E-state index in [9.17, 15) is 4.79 Å². The van der Waals surface area contributed by atoms with Crippen LogP contribution in [0.2, 0.25) is 0 Å². The first-order valence-corrected chi connectivity index (χ1v) is 14.0. The van der Waals surface area contributed by atoms with Crippen LogP contribution in [0.5, 0.6) is 0 Å². The summed E-state index contributed by atoms with van der Waals surface area (Å²) in [5.74, 6) is 1.65. The standard InChI is InChI=1S/C29H32N4OS/c1-2-3-18-35-28-31-30-27-32(20-21-12-6-4-7-13-21)26(34)24-25(33(27)28)23-15-9-8-14-22(23)19-29(24)16-10-5-11-17-29/h4,6-9,12-15H,2-3,5,10-11,16-20H2,1H3. The Balaban J connectivity index is 1.67. The lowest BCUT2D eigenvalue weighted by molar-refractivity contribution is 0.283. The van der Waals surface area contributed by atoms with E-state index in [0.717, 1.165) is 59.8 Å². The zero-order valence-electron chi connectivity index (χ0n) is 20.4. The fourth-order valence-corrected chi connectivity index (χ4v) is 7.14. The number of unbranched alkanes of at least 4 members (excludes halogenated alkanes) is 1. The summed E-state index contributed by atoms with van der Waals surface area (Å²) in [6.07, 6.45) is 8.98. The third-order valence-electron chi connectivity index (χ3n) is 7.83. The summed E-state index contributed by atoms with van der Waals surface area (Å²) in [5.41, 5.74) is 5.67. The Morgan fingerprint density at radius 2 is 1.74 bits per heavy atom. The number of hydrogen-bond donors (Lipinski definition) is 0. The number of hydrogen-bond acceptors (Lipinski definition) is 4. The van der Waals surface area contributed by atoms with Crippen LogP contribution in [0.4, 0.5) is 0 Å². The maximum Gasteiger partial charge on any atom is 0.259 e. The van der Waals surface area contributed by atoms with Gasteiger partial charge in [-0.15, -0.1) is 10.2 Å². The number of benzene rings is 2. The van der Waals surface area contributed by atoms with Gasteiger partial charge in [-0.05, 0) is 36.8 Å². The van der Waals surface area contributed by atoms with Gasteiger partial charge in [-0.1, -0.05) is 99.0 Å². The molecule has 0 N–H and O–H groups in total. The van der Waals surface area contributed by atoms with Crippen LogP contribution in [0.15, 0.2) is 64.5 Å². The van der Waals surface area contributed by atoms with Crippen molar-refractivity contribution in [1.82, 2.24) is 19.2 Å². The van der Waals surface area contributed by atoms with Gasteiger partial charge in [-0.25, -0.2) is 0 Å². The summed E-state index contributed by atoms with van der Waals surface area (Å²) in [6, 6.07) is 18.9. The number of rotatable bonds is 6. The molecule has 4 aromatic rings. The monoisotopic (exact) mass is 484 g/mol. The Morgan fingerprint density at radius 3 is 2.54 bits per heavy atom. The van der Waals surface area contributed by atoms with E-state index >= 15 is 0 Å². The van der Waals surface area contributed by atoms with Crippen LogP contribution in [-0.4, -0.2) is 24.9 Å². The molecule has 6 rings (SSSR count). The summed E-state index contributed by atoms with van der Waals surface area (Å²) >= 11 is 1.76. The number of fused-ring (bicyclic) bond motifs is 6. The van der Waals surface area contributed by atoms with Gasteiger partial charge in [-0.3, -0.25) is 13.8 Å². The molecule has 2 aliphatic rings. The van der Waals surface area contributed by atoms with E-state index in [1.54, 1.807) is 11.8 Å². The zero-order chi connectivity index (χ0) is 23.8. The average molecular weight is 485 g/mol. The fourth-order valence-electron chi connectivity index (χ4n) is 6.13. The minimum absolute atomic E-state index is 0.110. The van der Waals surface area contributed by atoms with Crippen molar-refractivity contribution in [3.05, 3.63) is 81.6 Å². The molecule has 0 amide bonds. The van der Waals surface area contributed by atoms with Crippen LogP contribution in [-0.2, 0) is 18.4 Å². The van der Waals surface area contributed by atoms with Crippen molar-refractivity contribution in [2.24, 2.45) is 0 Å². The number of thioether (sulfide) groups is 1. The first kappa shape index (κ1) is 22.6. The molecule has 2 aliphatic carbocycles. The van der Waals surface area contributed by atoms with E-state index < -0.39 is 0 Å². The van der Waals surface area contributed by atoms with Crippen molar-refractivity contribution >= 4 is 17.5 Å². The maximum absolute atomic E-state index is 14.5. The molecule has 0 atom stereocenters. The second-order valence-corrected chi connectivity index (χ2v) is 11.2. The molecule has 0 radical (unpaired) electrons. The van der Waals surface area contributed by atoms with Crippen LogP contribution in [0.25, 0.3) is 17.0 Å². The highest BCUT2D eigenvalue weighted by Gasteiger charge is 2.44. The molecule has 6 heteroatoms. The Labute approximate surface area is 210 Å². The predicted molar refractivity (Wildman–Crippen MR) is 142 cm³/mol. The minimum atomic E-state index is -0.110. The minimum Gasteiger partial charge on any atom is -0.272 e. The molecule has 35 heavy (non-hydrogen) atoms. The quantitative estimate of drug-likeness (QED) is 0.240. The fraction of sp³-hybridized carbons (Fsp3) is 0.414. The van der Waals surface area contributed by atoms with Gasteiger partial charge in [0.05, 0.1) is 12.2 Å². The zero-order valence-corrected chi connectivity index (χ0v) is 21.2. The smallest absolute Gasteiger partial charge is 0.259 e. The van der Waals surface area contributed by atoms with Crippen LogP contribution in [0.3, 0.4) is 0 Å². The van der Waals surface area contributed by atoms with Gasteiger partial charge in [0.25, 0.3) is 5.56 Å². The van der Waals surface area contributed by atoms with Crippen molar-refractivity contribution in [3.8, 4) is 11.3 Å². The predicted octanol–water partition coefficient (Wildman–Crippen LogP) is 6.26. The average Bonchev–Trinajstić information content (AvgIpc) is 3.31. The van der Waals surface area contributed by atoms with E-state index in [0.29, 0.717) is 12.3 Å². The molecule has 1 fully saturated rings. The van der Waals surface area contributed by atoms with Gasteiger partial charge in [0.15, 0.2) is 5.16 Å². The van der Waals surface area contributed by atoms with Crippen LogP contribution in [0.1, 0.15) is 68.6 Å². The number of aromatic nitrogens is 4. The second-order valence-electron chi connectivity index (χ2n) is 10.1. The molecule has 1 saturated carbocycles. The van der Waals surface area contributed by atoms with E-state index in [1.807, 2.05) is 22.8 Å². The molecule has 2 heterocycles. The third-order valence-corrected chi connectivity index (χ3v) is 8.85. The van der Waals surface area contributed by atoms with Gasteiger partial charge >= 0.3 is 0 Å². The Hall–Kier alpha value is -2.86. The van der Waals surface area contributed by atoms with Crippen molar-refractivity contribution in [3.63, 3.8) is 0 Å². The van der Waals surface area contributed by atoms with Gasteiger partial charge in [0, 0.05) is 22.3 Å².